The number of carbonyl (C=O) groups is 1. The molecule has 0 aliphatic heterocycles. The Kier molecular flexibility index (Phi) is 3.95. The third-order valence-corrected chi connectivity index (χ3v) is 2.83. The molecule has 0 radical (unpaired) electrons. The zero-order valence-corrected chi connectivity index (χ0v) is 10.7. The number of nitrogens with one attached hydrogen (secondary N) is 1. The highest BCUT2D eigenvalue weighted by Crippen LogP contribution is 2.17. The fraction of sp³-hybridized carbons (Fsp3) is 0.143. The van der Waals surface area contributed by atoms with Crippen LogP contribution in [0.1, 0.15) is 29.0 Å². The van der Waals surface area contributed by atoms with Crippen LogP contribution >= 0.6 is 11.6 Å². The van der Waals surface area contributed by atoms with Gasteiger partial charge in [0.1, 0.15) is 5.69 Å². The molecule has 1 amide bonds. The predicted molar refractivity (Wildman–Crippen MR) is 71.6 cm³/mol. The maximum atomic E-state index is 11.9. The second kappa shape index (κ2) is 5.65. The summed E-state index contributed by atoms with van der Waals surface area (Å²) in [4.78, 5) is 15.9. The van der Waals surface area contributed by atoms with Gasteiger partial charge < -0.3 is 5.32 Å². The van der Waals surface area contributed by atoms with Gasteiger partial charge in [-0.1, -0.05) is 29.8 Å². The fourth-order valence-corrected chi connectivity index (χ4v) is 1.83. The van der Waals surface area contributed by atoms with Crippen LogP contribution in [-0.2, 0) is 0 Å². The normalized spacial score (nSPS) is 11.9. The van der Waals surface area contributed by atoms with E-state index in [0.29, 0.717) is 10.7 Å². The van der Waals surface area contributed by atoms with E-state index in [2.05, 4.69) is 10.3 Å². The zero-order valence-electron chi connectivity index (χ0n) is 9.93. The zero-order chi connectivity index (χ0) is 13.0. The molecule has 1 atom stereocenters. The first-order valence-electron chi connectivity index (χ1n) is 5.64. The molecule has 3 nitrogen and oxygen atoms in total. The van der Waals surface area contributed by atoms with Gasteiger partial charge >= 0.3 is 0 Å². The van der Waals surface area contributed by atoms with E-state index in [0.717, 1.165) is 5.56 Å². The molecule has 2 rings (SSSR count). The van der Waals surface area contributed by atoms with Crippen LogP contribution < -0.4 is 5.32 Å². The fourth-order valence-electron chi connectivity index (χ4n) is 1.63. The molecule has 4 heteroatoms. The summed E-state index contributed by atoms with van der Waals surface area (Å²) < 4.78 is 0. The number of halogens is 1. The summed E-state index contributed by atoms with van der Waals surface area (Å²) in [6.07, 6.45) is 1.60. The van der Waals surface area contributed by atoms with Gasteiger partial charge in [-0.15, -0.1) is 0 Å². The number of rotatable bonds is 3. The summed E-state index contributed by atoms with van der Waals surface area (Å²) in [7, 11) is 0. The van der Waals surface area contributed by atoms with Gasteiger partial charge in [0.25, 0.3) is 5.91 Å². The van der Waals surface area contributed by atoms with Gasteiger partial charge in [-0.05, 0) is 36.8 Å². The van der Waals surface area contributed by atoms with Crippen molar-refractivity contribution in [3.63, 3.8) is 0 Å². The van der Waals surface area contributed by atoms with E-state index < -0.39 is 0 Å². The number of pyridine rings is 1. The van der Waals surface area contributed by atoms with Gasteiger partial charge in [-0.3, -0.25) is 9.78 Å². The van der Waals surface area contributed by atoms with Crippen molar-refractivity contribution in [2.24, 2.45) is 0 Å². The summed E-state index contributed by atoms with van der Waals surface area (Å²) in [5.41, 5.74) is 1.37. The van der Waals surface area contributed by atoms with E-state index in [1.165, 1.54) is 0 Å². The molecular weight excluding hydrogens is 248 g/mol. The quantitative estimate of drug-likeness (QED) is 0.921. The first-order chi connectivity index (χ1) is 8.66. The third kappa shape index (κ3) is 3.08. The number of hydrogen-bond donors (Lipinski definition) is 1. The number of carbonyl (C=O) groups excluding carboxylic acids is 1. The summed E-state index contributed by atoms with van der Waals surface area (Å²) in [5, 5.41) is 3.54. The lowest BCUT2D eigenvalue weighted by Gasteiger charge is -2.14. The van der Waals surface area contributed by atoms with E-state index >= 15 is 0 Å². The number of hydrogen-bond acceptors (Lipinski definition) is 2. The monoisotopic (exact) mass is 260 g/mol. The molecule has 0 aliphatic rings. The van der Waals surface area contributed by atoms with Crippen molar-refractivity contribution in [1.29, 1.82) is 0 Å². The van der Waals surface area contributed by atoms with Gasteiger partial charge in [-0.25, -0.2) is 0 Å². The molecule has 1 N–H and O–H groups in total. The Bertz CT molecular complexity index is 543. The molecule has 1 aromatic carbocycles. The van der Waals surface area contributed by atoms with Crippen LogP contribution in [-0.4, -0.2) is 10.9 Å². The summed E-state index contributed by atoms with van der Waals surface area (Å²) in [5.74, 6) is -0.192. The van der Waals surface area contributed by atoms with Crippen LogP contribution in [0.3, 0.4) is 0 Å². The Morgan fingerprint density at radius 3 is 2.78 bits per heavy atom. The van der Waals surface area contributed by atoms with Crippen LogP contribution in [0.25, 0.3) is 0 Å². The van der Waals surface area contributed by atoms with Gasteiger partial charge in [0.05, 0.1) is 6.04 Å². The average Bonchev–Trinajstić information content (AvgIpc) is 2.39. The maximum Gasteiger partial charge on any atom is 0.270 e. The van der Waals surface area contributed by atoms with Crippen LogP contribution in [0.5, 0.6) is 0 Å². The molecule has 1 heterocycles. The molecule has 2 aromatic rings. The maximum absolute atomic E-state index is 11.9. The van der Waals surface area contributed by atoms with E-state index in [1.54, 1.807) is 30.5 Å². The predicted octanol–water partition coefficient (Wildman–Crippen LogP) is 3.23. The summed E-state index contributed by atoms with van der Waals surface area (Å²) >= 11 is 5.92. The molecule has 0 spiro atoms. The number of nitrogens with zero attached hydrogens (tertiary/aromatic N) is 1. The topological polar surface area (TPSA) is 42.0 Å². The van der Waals surface area contributed by atoms with Gasteiger partial charge in [0.15, 0.2) is 0 Å². The lowest BCUT2D eigenvalue weighted by Crippen LogP contribution is -2.27. The van der Waals surface area contributed by atoms with Crippen molar-refractivity contribution in [2.45, 2.75) is 13.0 Å². The molecule has 0 bridgehead atoms. The number of benzene rings is 1. The Morgan fingerprint density at radius 1 is 1.28 bits per heavy atom. The SMILES string of the molecule is C[C@H](NC(=O)c1ccccn1)c1cccc(Cl)c1. The van der Waals surface area contributed by atoms with Crippen LogP contribution in [0.2, 0.25) is 5.02 Å². The van der Waals surface area contributed by atoms with Gasteiger partial charge in [0.2, 0.25) is 0 Å². The molecule has 1 aromatic heterocycles. The average molecular weight is 261 g/mol. The van der Waals surface area contributed by atoms with Crippen LogP contribution in [0.4, 0.5) is 0 Å². The molecular formula is C14H13ClN2O. The molecule has 92 valence electrons. The Balaban J connectivity index is 2.08. The van der Waals surface area contributed by atoms with Crippen LogP contribution in [0, 0.1) is 0 Å². The summed E-state index contributed by atoms with van der Waals surface area (Å²) in [6.45, 7) is 1.91. The van der Waals surface area contributed by atoms with Gasteiger partial charge in [-0.2, -0.15) is 0 Å². The molecule has 0 aliphatic carbocycles. The second-order valence-electron chi connectivity index (χ2n) is 3.97. The highest BCUT2D eigenvalue weighted by Gasteiger charge is 2.12. The summed E-state index contributed by atoms with van der Waals surface area (Å²) in [6, 6.07) is 12.6. The molecule has 0 fully saturated rings. The lowest BCUT2D eigenvalue weighted by atomic mass is 10.1. The van der Waals surface area contributed by atoms with Crippen molar-refractivity contribution >= 4 is 17.5 Å². The number of amides is 1. The van der Waals surface area contributed by atoms with E-state index in [1.807, 2.05) is 25.1 Å². The largest absolute Gasteiger partial charge is 0.344 e. The van der Waals surface area contributed by atoms with E-state index in [4.69, 9.17) is 11.6 Å². The highest BCUT2D eigenvalue weighted by molar-refractivity contribution is 6.30. The van der Waals surface area contributed by atoms with E-state index in [9.17, 15) is 4.79 Å². The highest BCUT2D eigenvalue weighted by atomic mass is 35.5. The van der Waals surface area contributed by atoms with Gasteiger partial charge in [0, 0.05) is 11.2 Å². The standard InChI is InChI=1S/C14H13ClN2O/c1-10(11-5-4-6-12(15)9-11)17-14(18)13-7-2-3-8-16-13/h2-10H,1H3,(H,17,18)/t10-/m0/s1. The van der Waals surface area contributed by atoms with Crippen molar-refractivity contribution in [3.05, 3.63) is 64.9 Å². The van der Waals surface area contributed by atoms with Crippen molar-refractivity contribution in [3.8, 4) is 0 Å². The first-order valence-corrected chi connectivity index (χ1v) is 6.02. The van der Waals surface area contributed by atoms with Crippen molar-refractivity contribution in [2.75, 3.05) is 0 Å². The molecule has 0 unspecified atom stereocenters. The Labute approximate surface area is 111 Å². The molecule has 0 saturated carbocycles. The molecule has 0 saturated heterocycles. The smallest absolute Gasteiger partial charge is 0.270 e. The van der Waals surface area contributed by atoms with Crippen LogP contribution in [0.15, 0.2) is 48.7 Å². The van der Waals surface area contributed by atoms with Crippen molar-refractivity contribution < 1.29 is 4.79 Å². The minimum absolute atomic E-state index is 0.113. The molecule has 18 heavy (non-hydrogen) atoms. The Hall–Kier alpha value is -1.87. The minimum Gasteiger partial charge on any atom is -0.344 e. The minimum atomic E-state index is -0.192. The third-order valence-electron chi connectivity index (χ3n) is 2.59. The Morgan fingerprint density at radius 2 is 2.11 bits per heavy atom. The van der Waals surface area contributed by atoms with E-state index in [-0.39, 0.29) is 11.9 Å². The number of aromatic nitrogens is 1. The van der Waals surface area contributed by atoms with Crippen molar-refractivity contribution in [1.82, 2.24) is 10.3 Å². The lowest BCUT2D eigenvalue weighted by molar-refractivity contribution is 0.0935. The first kappa shape index (κ1) is 12.6. The second-order valence-corrected chi connectivity index (χ2v) is 4.40.